The number of rotatable bonds is 7. The molecule has 0 aliphatic carbocycles. The van der Waals surface area contributed by atoms with Gasteiger partial charge < -0.3 is 15.2 Å². The van der Waals surface area contributed by atoms with E-state index in [-0.39, 0.29) is 24.0 Å². The van der Waals surface area contributed by atoms with Crippen LogP contribution < -0.4 is 10.6 Å². The molecule has 0 atom stereocenters. The lowest BCUT2D eigenvalue weighted by Crippen LogP contribution is -2.38. The number of imidazole rings is 1. The number of benzene rings is 1. The maximum absolute atomic E-state index is 4.62. The van der Waals surface area contributed by atoms with E-state index >= 15 is 0 Å². The van der Waals surface area contributed by atoms with Gasteiger partial charge in [0.2, 0.25) is 0 Å². The second-order valence-electron chi connectivity index (χ2n) is 6.14. The highest BCUT2D eigenvalue weighted by Crippen LogP contribution is 2.15. The largest absolute Gasteiger partial charge is 0.357 e. The van der Waals surface area contributed by atoms with Crippen LogP contribution in [-0.2, 0) is 13.1 Å². The highest BCUT2D eigenvalue weighted by atomic mass is 127. The predicted octanol–water partition coefficient (Wildman–Crippen LogP) is 3.87. The van der Waals surface area contributed by atoms with Gasteiger partial charge in [-0.3, -0.25) is 0 Å². The predicted molar refractivity (Wildman–Crippen MR) is 124 cm³/mol. The van der Waals surface area contributed by atoms with Crippen LogP contribution in [-0.4, -0.2) is 33.6 Å². The van der Waals surface area contributed by atoms with Crippen molar-refractivity contribution in [3.63, 3.8) is 0 Å². The molecule has 0 aliphatic rings. The molecule has 27 heavy (non-hydrogen) atoms. The fourth-order valence-corrected chi connectivity index (χ4v) is 3.60. The number of para-hydroxylation sites is 2. The molecule has 0 amide bonds. The van der Waals surface area contributed by atoms with E-state index in [0.29, 0.717) is 6.54 Å². The molecule has 0 aliphatic heterocycles. The minimum atomic E-state index is 0. The number of aliphatic imine (C=N–C) groups is 1. The van der Waals surface area contributed by atoms with Gasteiger partial charge in [-0.05, 0) is 39.3 Å². The van der Waals surface area contributed by atoms with Crippen LogP contribution >= 0.6 is 35.3 Å². The number of hydrogen-bond acceptors (Lipinski definition) is 4. The molecule has 2 N–H and O–H groups in total. The Morgan fingerprint density at radius 2 is 2.04 bits per heavy atom. The van der Waals surface area contributed by atoms with E-state index in [4.69, 9.17) is 0 Å². The molecule has 2 aromatic heterocycles. The van der Waals surface area contributed by atoms with E-state index in [0.717, 1.165) is 48.4 Å². The average Bonchev–Trinajstić information content (AvgIpc) is 3.19. The topological polar surface area (TPSA) is 67.1 Å². The highest BCUT2D eigenvalue weighted by molar-refractivity contribution is 14.0. The number of hydrogen-bond donors (Lipinski definition) is 2. The number of fused-ring (bicyclic) bond motifs is 1. The smallest absolute Gasteiger partial charge is 0.191 e. The first-order valence-electron chi connectivity index (χ1n) is 9.02. The molecular formula is C19H27IN6S. The van der Waals surface area contributed by atoms with E-state index in [9.17, 15) is 0 Å². The molecular weight excluding hydrogens is 471 g/mol. The Hall–Kier alpha value is -1.68. The summed E-state index contributed by atoms with van der Waals surface area (Å²) >= 11 is 1.69. The van der Waals surface area contributed by atoms with Gasteiger partial charge in [-0.15, -0.1) is 35.3 Å². The monoisotopic (exact) mass is 498 g/mol. The Bertz CT molecular complexity index is 885. The van der Waals surface area contributed by atoms with Gasteiger partial charge >= 0.3 is 0 Å². The number of halogens is 1. The molecule has 1 aromatic carbocycles. The maximum atomic E-state index is 4.62. The summed E-state index contributed by atoms with van der Waals surface area (Å²) in [5.74, 6) is 1.90. The minimum Gasteiger partial charge on any atom is -0.357 e. The molecule has 0 spiro atoms. The number of guanidine groups is 1. The number of aromatic nitrogens is 3. The fraction of sp³-hybridized carbons (Fsp3) is 0.421. The van der Waals surface area contributed by atoms with Crippen LogP contribution in [0.1, 0.15) is 29.1 Å². The molecule has 0 fully saturated rings. The van der Waals surface area contributed by atoms with Gasteiger partial charge in [0, 0.05) is 30.7 Å². The molecule has 0 unspecified atom stereocenters. The summed E-state index contributed by atoms with van der Waals surface area (Å²) in [6.45, 7) is 9.45. The Labute approximate surface area is 181 Å². The van der Waals surface area contributed by atoms with Crippen molar-refractivity contribution in [3.8, 4) is 0 Å². The lowest BCUT2D eigenvalue weighted by Gasteiger charge is -2.12. The highest BCUT2D eigenvalue weighted by Gasteiger charge is 2.06. The second-order valence-corrected chi connectivity index (χ2v) is 7.46. The zero-order valence-corrected chi connectivity index (χ0v) is 19.2. The van der Waals surface area contributed by atoms with E-state index in [2.05, 4.69) is 69.1 Å². The standard InChI is InChI=1S/C19H26N6S.HI/c1-4-20-19(23-13-18-22-12-14(2)26-18)21-10-7-11-25-15(3)24-16-8-5-6-9-17(16)25;/h5-6,8-9,12H,4,7,10-11,13H2,1-3H3,(H2,20,21,23);1H. The molecule has 146 valence electrons. The van der Waals surface area contributed by atoms with Crippen LogP contribution in [0.5, 0.6) is 0 Å². The van der Waals surface area contributed by atoms with Crippen LogP contribution in [0.2, 0.25) is 0 Å². The van der Waals surface area contributed by atoms with Crippen molar-refractivity contribution >= 4 is 52.3 Å². The minimum absolute atomic E-state index is 0. The van der Waals surface area contributed by atoms with Crippen molar-refractivity contribution in [1.82, 2.24) is 25.2 Å². The van der Waals surface area contributed by atoms with Crippen LogP contribution in [0.3, 0.4) is 0 Å². The Morgan fingerprint density at radius 1 is 1.22 bits per heavy atom. The number of aryl methyl sites for hydroxylation is 3. The third-order valence-corrected chi connectivity index (χ3v) is 4.98. The lowest BCUT2D eigenvalue weighted by atomic mass is 10.3. The summed E-state index contributed by atoms with van der Waals surface area (Å²) in [5.41, 5.74) is 2.26. The van der Waals surface area contributed by atoms with Crippen molar-refractivity contribution in [1.29, 1.82) is 0 Å². The van der Waals surface area contributed by atoms with E-state index in [1.165, 1.54) is 10.4 Å². The van der Waals surface area contributed by atoms with Gasteiger partial charge in [0.1, 0.15) is 10.8 Å². The van der Waals surface area contributed by atoms with Gasteiger partial charge in [0.15, 0.2) is 5.96 Å². The second kappa shape index (κ2) is 10.6. The summed E-state index contributed by atoms with van der Waals surface area (Å²) in [5, 5.41) is 7.74. The Kier molecular flexibility index (Phi) is 8.49. The lowest BCUT2D eigenvalue weighted by molar-refractivity contribution is 0.624. The zero-order valence-electron chi connectivity index (χ0n) is 16.0. The first kappa shape index (κ1) is 21.6. The van der Waals surface area contributed by atoms with Crippen molar-refractivity contribution < 1.29 is 0 Å². The van der Waals surface area contributed by atoms with Crippen LogP contribution in [0.15, 0.2) is 35.5 Å². The number of nitrogens with one attached hydrogen (secondary N) is 2. The third-order valence-electron chi connectivity index (χ3n) is 4.08. The molecule has 0 radical (unpaired) electrons. The third kappa shape index (κ3) is 5.90. The first-order valence-corrected chi connectivity index (χ1v) is 9.84. The van der Waals surface area contributed by atoms with Crippen molar-refractivity contribution in [2.75, 3.05) is 13.1 Å². The van der Waals surface area contributed by atoms with Crippen LogP contribution in [0.4, 0.5) is 0 Å². The molecule has 3 rings (SSSR count). The Balaban J connectivity index is 0.00000261. The molecule has 0 bridgehead atoms. The van der Waals surface area contributed by atoms with Gasteiger partial charge in [-0.2, -0.15) is 0 Å². The van der Waals surface area contributed by atoms with Gasteiger partial charge in [0.05, 0.1) is 17.6 Å². The van der Waals surface area contributed by atoms with Gasteiger partial charge in [-0.1, -0.05) is 12.1 Å². The summed E-state index contributed by atoms with van der Waals surface area (Å²) in [6, 6.07) is 8.29. The SMILES string of the molecule is CCNC(=NCc1ncc(C)s1)NCCCn1c(C)nc2ccccc21.I. The van der Waals surface area contributed by atoms with Crippen molar-refractivity contribution in [3.05, 3.63) is 46.2 Å². The number of thiazole rings is 1. The van der Waals surface area contributed by atoms with Gasteiger partial charge in [-0.25, -0.2) is 15.0 Å². The van der Waals surface area contributed by atoms with E-state index in [1.54, 1.807) is 11.3 Å². The number of nitrogens with zero attached hydrogens (tertiary/aromatic N) is 4. The summed E-state index contributed by atoms with van der Waals surface area (Å²) in [6.07, 6.45) is 2.90. The zero-order chi connectivity index (χ0) is 18.4. The quantitative estimate of drug-likeness (QED) is 0.225. The normalized spacial score (nSPS) is 11.4. The van der Waals surface area contributed by atoms with Crippen molar-refractivity contribution in [2.45, 2.75) is 40.3 Å². The summed E-state index contributed by atoms with van der Waals surface area (Å²) in [4.78, 5) is 14.8. The molecule has 6 nitrogen and oxygen atoms in total. The maximum Gasteiger partial charge on any atom is 0.191 e. The van der Waals surface area contributed by atoms with E-state index in [1.807, 2.05) is 12.3 Å². The summed E-state index contributed by atoms with van der Waals surface area (Å²) in [7, 11) is 0. The van der Waals surface area contributed by atoms with Crippen molar-refractivity contribution in [2.24, 2.45) is 4.99 Å². The molecule has 8 heteroatoms. The molecule has 3 aromatic rings. The fourth-order valence-electron chi connectivity index (χ4n) is 2.89. The molecule has 2 heterocycles. The van der Waals surface area contributed by atoms with Gasteiger partial charge in [0.25, 0.3) is 0 Å². The van der Waals surface area contributed by atoms with E-state index < -0.39 is 0 Å². The molecule has 0 saturated heterocycles. The summed E-state index contributed by atoms with van der Waals surface area (Å²) < 4.78 is 2.28. The van der Waals surface area contributed by atoms with Crippen LogP contribution in [0, 0.1) is 13.8 Å². The average molecular weight is 498 g/mol. The molecule has 0 saturated carbocycles. The van der Waals surface area contributed by atoms with Crippen LogP contribution in [0.25, 0.3) is 11.0 Å². The Morgan fingerprint density at radius 3 is 2.78 bits per heavy atom. The first-order chi connectivity index (χ1) is 12.7.